The number of nitrogens with one attached hydrogen (secondary N) is 1. The van der Waals surface area contributed by atoms with Gasteiger partial charge in [0.1, 0.15) is 6.17 Å². The first kappa shape index (κ1) is 12.1. The minimum Gasteiger partial charge on any atom is -0.296 e. The fourth-order valence-electron chi connectivity index (χ4n) is 2.73. The Morgan fingerprint density at radius 3 is 2.68 bits per heavy atom. The zero-order valence-corrected chi connectivity index (χ0v) is 10.3. The van der Waals surface area contributed by atoms with Crippen LogP contribution >= 0.6 is 0 Å². The summed E-state index contributed by atoms with van der Waals surface area (Å²) < 4.78 is 0. The van der Waals surface area contributed by atoms with Crippen molar-refractivity contribution in [3.63, 3.8) is 0 Å². The Morgan fingerprint density at radius 1 is 1.21 bits per heavy atom. The number of carbonyl (C=O) groups excluding carboxylic acids is 2. The first-order chi connectivity index (χ1) is 9.20. The van der Waals surface area contributed by atoms with Crippen molar-refractivity contribution < 1.29 is 14.8 Å². The summed E-state index contributed by atoms with van der Waals surface area (Å²) in [5.74, 6) is -0.911. The van der Waals surface area contributed by atoms with E-state index in [9.17, 15) is 14.8 Å². The van der Waals surface area contributed by atoms with Crippen LogP contribution in [0.25, 0.3) is 0 Å². The van der Waals surface area contributed by atoms with Crippen LogP contribution in [-0.2, 0) is 4.79 Å². The van der Waals surface area contributed by atoms with E-state index in [1.54, 1.807) is 12.1 Å². The number of nitrogens with zero attached hydrogens (tertiary/aromatic N) is 2. The average molecular weight is 261 g/mol. The van der Waals surface area contributed by atoms with Crippen molar-refractivity contribution in [2.45, 2.75) is 19.0 Å². The van der Waals surface area contributed by atoms with E-state index in [1.807, 2.05) is 18.2 Å². The molecule has 2 aliphatic rings. The molecule has 3 rings (SSSR count). The Bertz CT molecular complexity index is 505. The molecule has 2 N–H and O–H groups in total. The summed E-state index contributed by atoms with van der Waals surface area (Å²) in [5.41, 5.74) is 0.670. The van der Waals surface area contributed by atoms with E-state index in [0.717, 1.165) is 13.0 Å². The van der Waals surface area contributed by atoms with Gasteiger partial charge in [0.05, 0.1) is 5.92 Å². The van der Waals surface area contributed by atoms with E-state index in [4.69, 9.17) is 0 Å². The third kappa shape index (κ3) is 1.89. The molecule has 0 saturated carbocycles. The predicted octanol–water partition coefficient (Wildman–Crippen LogP) is 1.17. The number of amides is 3. The Morgan fingerprint density at radius 2 is 1.95 bits per heavy atom. The molecule has 2 heterocycles. The second-order valence-electron chi connectivity index (χ2n) is 4.79. The molecule has 0 spiro atoms. The molecule has 100 valence electrons. The first-order valence-corrected chi connectivity index (χ1v) is 6.34. The van der Waals surface area contributed by atoms with Gasteiger partial charge in [-0.05, 0) is 31.5 Å². The zero-order valence-electron chi connectivity index (χ0n) is 10.3. The van der Waals surface area contributed by atoms with Crippen LogP contribution in [0.1, 0.15) is 12.8 Å². The number of piperidine rings is 1. The molecule has 2 fully saturated rings. The molecular formula is C13H15N3O3. The fraction of sp³-hybridized carbons (Fsp3) is 0.385. The minimum absolute atomic E-state index is 0.237. The number of hydroxylamine groups is 2. The molecule has 2 saturated heterocycles. The van der Waals surface area contributed by atoms with Gasteiger partial charge >= 0.3 is 6.03 Å². The maximum atomic E-state index is 12.1. The van der Waals surface area contributed by atoms with E-state index in [0.29, 0.717) is 12.1 Å². The fourth-order valence-corrected chi connectivity index (χ4v) is 2.73. The highest BCUT2D eigenvalue weighted by atomic mass is 16.5. The molecule has 2 atom stereocenters. The van der Waals surface area contributed by atoms with Crippen molar-refractivity contribution in [2.75, 3.05) is 11.4 Å². The highest BCUT2D eigenvalue weighted by Crippen LogP contribution is 2.30. The molecular weight excluding hydrogens is 246 g/mol. The molecule has 0 aliphatic carbocycles. The van der Waals surface area contributed by atoms with Crippen LogP contribution in [0.4, 0.5) is 10.5 Å². The van der Waals surface area contributed by atoms with Gasteiger partial charge < -0.3 is 0 Å². The van der Waals surface area contributed by atoms with Crippen molar-refractivity contribution in [1.82, 2.24) is 10.4 Å². The third-order valence-corrected chi connectivity index (χ3v) is 3.65. The first-order valence-electron chi connectivity index (χ1n) is 6.34. The van der Waals surface area contributed by atoms with Crippen molar-refractivity contribution in [2.24, 2.45) is 5.92 Å². The van der Waals surface area contributed by atoms with Crippen molar-refractivity contribution in [1.29, 1.82) is 0 Å². The van der Waals surface area contributed by atoms with E-state index in [-0.39, 0.29) is 11.2 Å². The number of carbonyl (C=O) groups is 2. The quantitative estimate of drug-likeness (QED) is 0.744. The molecule has 0 aromatic heterocycles. The molecule has 2 unspecified atom stereocenters. The van der Waals surface area contributed by atoms with E-state index < -0.39 is 17.9 Å². The molecule has 1 aromatic rings. The van der Waals surface area contributed by atoms with Gasteiger partial charge in [-0.3, -0.25) is 20.2 Å². The molecule has 6 nitrogen and oxygen atoms in total. The van der Waals surface area contributed by atoms with Gasteiger partial charge in [0.15, 0.2) is 0 Å². The van der Waals surface area contributed by atoms with Crippen LogP contribution in [0.2, 0.25) is 0 Å². The summed E-state index contributed by atoms with van der Waals surface area (Å²) in [6.07, 6.45) is 1.15. The van der Waals surface area contributed by atoms with E-state index in [2.05, 4.69) is 5.32 Å². The van der Waals surface area contributed by atoms with Crippen molar-refractivity contribution >= 4 is 17.6 Å². The minimum atomic E-state index is -0.702. The molecule has 19 heavy (non-hydrogen) atoms. The Kier molecular flexibility index (Phi) is 2.96. The van der Waals surface area contributed by atoms with Gasteiger partial charge in [-0.1, -0.05) is 18.2 Å². The van der Waals surface area contributed by atoms with E-state index in [1.165, 1.54) is 4.90 Å². The summed E-state index contributed by atoms with van der Waals surface area (Å²) in [6, 6.07) is 8.36. The molecule has 0 radical (unpaired) electrons. The number of anilines is 1. The van der Waals surface area contributed by atoms with Gasteiger partial charge in [-0.15, -0.1) is 5.06 Å². The molecule has 3 amide bonds. The summed E-state index contributed by atoms with van der Waals surface area (Å²) in [4.78, 5) is 25.5. The lowest BCUT2D eigenvalue weighted by atomic mass is 9.92. The normalized spacial score (nSPS) is 27.4. The van der Waals surface area contributed by atoms with Crippen LogP contribution in [0.3, 0.4) is 0 Å². The number of benzene rings is 1. The summed E-state index contributed by atoms with van der Waals surface area (Å²) in [6.45, 7) is 0.760. The van der Waals surface area contributed by atoms with Crippen molar-refractivity contribution in [3.05, 3.63) is 30.3 Å². The lowest BCUT2D eigenvalue weighted by Crippen LogP contribution is -2.67. The van der Waals surface area contributed by atoms with Crippen LogP contribution in [0, 0.1) is 5.92 Å². The second kappa shape index (κ2) is 4.64. The molecule has 1 aromatic carbocycles. The number of hydrogen-bond donors (Lipinski definition) is 2. The third-order valence-electron chi connectivity index (χ3n) is 3.65. The summed E-state index contributed by atoms with van der Waals surface area (Å²) in [7, 11) is 0. The predicted molar refractivity (Wildman–Crippen MR) is 67.5 cm³/mol. The summed E-state index contributed by atoms with van der Waals surface area (Å²) >= 11 is 0. The molecule has 2 aliphatic heterocycles. The zero-order chi connectivity index (χ0) is 13.4. The van der Waals surface area contributed by atoms with Crippen LogP contribution in [-0.4, -0.2) is 34.9 Å². The Labute approximate surface area is 110 Å². The largest absolute Gasteiger partial charge is 0.357 e. The number of rotatable bonds is 1. The lowest BCUT2D eigenvalue weighted by Gasteiger charge is -2.44. The molecule has 6 heteroatoms. The maximum absolute atomic E-state index is 12.1. The number of para-hydroxylation sites is 1. The average Bonchev–Trinajstić information content (AvgIpc) is 2.46. The summed E-state index contributed by atoms with van der Waals surface area (Å²) in [5, 5.41) is 13.1. The van der Waals surface area contributed by atoms with Gasteiger partial charge in [0, 0.05) is 5.69 Å². The SMILES string of the molecule is O=C1C2CCCNC2N(c2ccccc2)C(=O)N1O. The van der Waals surface area contributed by atoms with Gasteiger partial charge in [-0.2, -0.15) is 0 Å². The second-order valence-corrected chi connectivity index (χ2v) is 4.79. The van der Waals surface area contributed by atoms with Crippen molar-refractivity contribution in [3.8, 4) is 0 Å². The number of imide groups is 1. The Hall–Kier alpha value is -1.92. The van der Waals surface area contributed by atoms with E-state index >= 15 is 0 Å². The monoisotopic (exact) mass is 261 g/mol. The molecule has 0 bridgehead atoms. The lowest BCUT2D eigenvalue weighted by molar-refractivity contribution is -0.162. The number of hydrogen-bond acceptors (Lipinski definition) is 4. The van der Waals surface area contributed by atoms with Crippen LogP contribution in [0.15, 0.2) is 30.3 Å². The van der Waals surface area contributed by atoms with Gasteiger partial charge in [0.2, 0.25) is 0 Å². The smallest absolute Gasteiger partial charge is 0.296 e. The van der Waals surface area contributed by atoms with Crippen LogP contribution < -0.4 is 10.2 Å². The number of urea groups is 1. The standard InChI is InChI=1S/C13H15N3O3/c17-12-10-7-4-8-14-11(10)15(13(18)16(12)19)9-5-2-1-3-6-9/h1-3,5-6,10-11,14,19H,4,7-8H2. The van der Waals surface area contributed by atoms with Gasteiger partial charge in [-0.25, -0.2) is 4.79 Å². The highest BCUT2D eigenvalue weighted by Gasteiger charge is 2.47. The maximum Gasteiger partial charge on any atom is 0.357 e. The highest BCUT2D eigenvalue weighted by molar-refractivity contribution is 6.06. The van der Waals surface area contributed by atoms with Gasteiger partial charge in [0.25, 0.3) is 5.91 Å². The topological polar surface area (TPSA) is 72.9 Å². The number of fused-ring (bicyclic) bond motifs is 1. The Balaban J connectivity index is 2.01. The van der Waals surface area contributed by atoms with Crippen LogP contribution in [0.5, 0.6) is 0 Å².